The number of hydrogen-bond acceptors (Lipinski definition) is 5. The van der Waals surface area contributed by atoms with Crippen molar-refractivity contribution < 1.29 is 19.1 Å². The number of allylic oxidation sites excluding steroid dienone is 1. The Bertz CT molecular complexity index is 1070. The molecule has 2 aromatic carbocycles. The first-order valence-electron chi connectivity index (χ1n) is 10.2. The zero-order chi connectivity index (χ0) is 20.7. The maximum absolute atomic E-state index is 13.9. The Balaban J connectivity index is 1.61. The molecule has 0 saturated carbocycles. The molecule has 30 heavy (non-hydrogen) atoms. The minimum absolute atomic E-state index is 0.127. The van der Waals surface area contributed by atoms with Gasteiger partial charge in [-0.25, -0.2) is 0 Å². The highest BCUT2D eigenvalue weighted by Gasteiger charge is 2.52. The number of morpholine rings is 1. The van der Waals surface area contributed by atoms with Crippen LogP contribution in [0.3, 0.4) is 0 Å². The van der Waals surface area contributed by atoms with Crippen molar-refractivity contribution >= 4 is 17.6 Å². The topological polar surface area (TPSA) is 66.9 Å². The molecule has 6 nitrogen and oxygen atoms in total. The van der Waals surface area contributed by atoms with E-state index in [0.29, 0.717) is 48.6 Å². The molecule has 0 N–H and O–H groups in total. The van der Waals surface area contributed by atoms with E-state index in [2.05, 4.69) is 4.90 Å². The molecule has 2 amide bonds. The summed E-state index contributed by atoms with van der Waals surface area (Å²) in [5.41, 5.74) is 1.12. The van der Waals surface area contributed by atoms with Crippen LogP contribution in [0.1, 0.15) is 31.8 Å². The van der Waals surface area contributed by atoms with Crippen LogP contribution in [0.2, 0.25) is 0 Å². The molecule has 3 aliphatic rings. The second-order valence-corrected chi connectivity index (χ2v) is 7.81. The van der Waals surface area contributed by atoms with Gasteiger partial charge < -0.3 is 4.74 Å². The summed E-state index contributed by atoms with van der Waals surface area (Å²) in [5, 5.41) is 0. The van der Waals surface area contributed by atoms with E-state index in [1.165, 1.54) is 11.0 Å². The number of nitrogens with zero attached hydrogens (tertiary/aromatic N) is 2. The monoisotopic (exact) mass is 402 g/mol. The summed E-state index contributed by atoms with van der Waals surface area (Å²) in [6, 6.07) is 14.4. The molecule has 0 aromatic heterocycles. The van der Waals surface area contributed by atoms with Crippen molar-refractivity contribution in [2.45, 2.75) is 5.41 Å². The Morgan fingerprint density at radius 2 is 1.47 bits per heavy atom. The van der Waals surface area contributed by atoms with Crippen LogP contribution in [0.15, 0.2) is 60.7 Å². The van der Waals surface area contributed by atoms with Crippen LogP contribution in [-0.4, -0.2) is 66.8 Å². The van der Waals surface area contributed by atoms with E-state index in [0.717, 1.165) is 13.1 Å². The van der Waals surface area contributed by atoms with Crippen LogP contribution in [0.4, 0.5) is 0 Å². The lowest BCUT2D eigenvalue weighted by Gasteiger charge is -2.43. The van der Waals surface area contributed by atoms with Gasteiger partial charge in [0.1, 0.15) is 5.41 Å². The quantitative estimate of drug-likeness (QED) is 0.735. The largest absolute Gasteiger partial charge is 0.379 e. The second-order valence-electron chi connectivity index (χ2n) is 7.81. The van der Waals surface area contributed by atoms with E-state index in [4.69, 9.17) is 4.74 Å². The average molecular weight is 402 g/mol. The third-order valence-electron chi connectivity index (χ3n) is 6.26. The lowest BCUT2D eigenvalue weighted by Crippen LogP contribution is -2.57. The molecule has 2 aromatic rings. The van der Waals surface area contributed by atoms with Crippen LogP contribution >= 0.6 is 0 Å². The van der Waals surface area contributed by atoms with E-state index in [-0.39, 0.29) is 17.6 Å². The number of ketones is 1. The van der Waals surface area contributed by atoms with Crippen molar-refractivity contribution in [2.75, 3.05) is 39.4 Å². The van der Waals surface area contributed by atoms with Gasteiger partial charge in [-0.2, -0.15) is 0 Å². The summed E-state index contributed by atoms with van der Waals surface area (Å²) in [5.74, 6) is -0.703. The fraction of sp³-hybridized carbons (Fsp3) is 0.292. The molecule has 6 heteroatoms. The number of fused-ring (bicyclic) bond motifs is 4. The molecule has 1 saturated heterocycles. The van der Waals surface area contributed by atoms with Crippen molar-refractivity contribution in [3.05, 3.63) is 82.9 Å². The fourth-order valence-electron chi connectivity index (χ4n) is 4.69. The molecule has 1 atom stereocenters. The highest BCUT2D eigenvalue weighted by molar-refractivity contribution is 6.19. The van der Waals surface area contributed by atoms with Gasteiger partial charge in [0.2, 0.25) is 5.91 Å². The maximum atomic E-state index is 13.9. The van der Waals surface area contributed by atoms with Crippen molar-refractivity contribution in [3.8, 4) is 0 Å². The number of imide groups is 1. The molecule has 2 heterocycles. The van der Waals surface area contributed by atoms with E-state index in [9.17, 15) is 14.4 Å². The van der Waals surface area contributed by atoms with Gasteiger partial charge in [-0.05, 0) is 23.3 Å². The molecule has 0 radical (unpaired) electrons. The zero-order valence-electron chi connectivity index (χ0n) is 16.5. The molecular weight excluding hydrogens is 380 g/mol. The average Bonchev–Trinajstić information content (AvgIpc) is 2.80. The van der Waals surface area contributed by atoms with Gasteiger partial charge in [-0.1, -0.05) is 48.5 Å². The first-order valence-corrected chi connectivity index (χ1v) is 10.2. The summed E-state index contributed by atoms with van der Waals surface area (Å²) >= 11 is 0. The summed E-state index contributed by atoms with van der Waals surface area (Å²) in [7, 11) is 0. The number of amides is 2. The Morgan fingerprint density at radius 1 is 0.833 bits per heavy atom. The Morgan fingerprint density at radius 3 is 2.20 bits per heavy atom. The molecule has 1 fully saturated rings. The molecule has 2 aliphatic heterocycles. The molecule has 0 bridgehead atoms. The van der Waals surface area contributed by atoms with Crippen LogP contribution in [0.5, 0.6) is 0 Å². The van der Waals surface area contributed by atoms with E-state index >= 15 is 0 Å². The van der Waals surface area contributed by atoms with Gasteiger partial charge >= 0.3 is 0 Å². The van der Waals surface area contributed by atoms with Gasteiger partial charge in [0, 0.05) is 37.3 Å². The Labute approximate surface area is 174 Å². The molecular formula is C24H22N2O4. The lowest BCUT2D eigenvalue weighted by molar-refractivity contribution is -0.132. The van der Waals surface area contributed by atoms with E-state index in [1.807, 2.05) is 30.3 Å². The molecule has 5 rings (SSSR count). The fourth-order valence-corrected chi connectivity index (χ4v) is 4.69. The number of carbonyl (C=O) groups is 3. The second kappa shape index (κ2) is 7.31. The minimum Gasteiger partial charge on any atom is -0.379 e. The maximum Gasteiger partial charge on any atom is 0.260 e. The van der Waals surface area contributed by atoms with Crippen LogP contribution in [0.25, 0.3) is 0 Å². The van der Waals surface area contributed by atoms with Gasteiger partial charge in [0.15, 0.2) is 5.78 Å². The van der Waals surface area contributed by atoms with Gasteiger partial charge in [-0.15, -0.1) is 0 Å². The minimum atomic E-state index is -1.17. The summed E-state index contributed by atoms with van der Waals surface area (Å²) in [4.78, 5) is 43.3. The third kappa shape index (κ3) is 2.75. The van der Waals surface area contributed by atoms with Gasteiger partial charge in [0.25, 0.3) is 5.91 Å². The van der Waals surface area contributed by atoms with Crippen molar-refractivity contribution in [1.82, 2.24) is 9.80 Å². The zero-order valence-corrected chi connectivity index (χ0v) is 16.5. The number of carbonyl (C=O) groups excluding carboxylic acids is 3. The van der Waals surface area contributed by atoms with Crippen molar-refractivity contribution in [2.24, 2.45) is 0 Å². The number of hydrogen-bond donors (Lipinski definition) is 0. The predicted molar refractivity (Wildman–Crippen MR) is 110 cm³/mol. The SMILES string of the molecule is O=C1C=CC2(C(=O)N(CCN3CCOCC3)C(=O)c3ccccc32)c2ccccc21. The number of rotatable bonds is 3. The van der Waals surface area contributed by atoms with Crippen LogP contribution < -0.4 is 0 Å². The smallest absolute Gasteiger partial charge is 0.260 e. The summed E-state index contributed by atoms with van der Waals surface area (Å²) in [6.07, 6.45) is 3.14. The molecule has 1 aliphatic carbocycles. The Kier molecular flexibility index (Phi) is 4.60. The number of benzene rings is 2. The highest BCUT2D eigenvalue weighted by Crippen LogP contribution is 2.44. The van der Waals surface area contributed by atoms with Gasteiger partial charge in [0.05, 0.1) is 13.2 Å². The third-order valence-corrected chi connectivity index (χ3v) is 6.26. The van der Waals surface area contributed by atoms with Crippen molar-refractivity contribution in [1.29, 1.82) is 0 Å². The Hall–Kier alpha value is -3.09. The first-order chi connectivity index (χ1) is 14.6. The molecule has 152 valence electrons. The lowest BCUT2D eigenvalue weighted by atomic mass is 9.65. The molecule has 1 unspecified atom stereocenters. The van der Waals surface area contributed by atoms with Crippen LogP contribution in [-0.2, 0) is 14.9 Å². The highest BCUT2D eigenvalue weighted by atomic mass is 16.5. The normalized spacial score (nSPS) is 23.6. The van der Waals surface area contributed by atoms with Gasteiger partial charge in [-0.3, -0.25) is 24.2 Å². The number of ether oxygens (including phenoxy) is 1. The predicted octanol–water partition coefficient (Wildman–Crippen LogP) is 2.04. The molecule has 1 spiro atoms. The van der Waals surface area contributed by atoms with E-state index in [1.54, 1.807) is 24.3 Å². The van der Waals surface area contributed by atoms with Crippen molar-refractivity contribution in [3.63, 3.8) is 0 Å². The standard InChI is InChI=1S/C24H22N2O4/c27-21-9-10-24(19-7-3-1-5-17(19)21)20-8-4-2-6-18(20)22(28)26(23(24)29)12-11-25-13-15-30-16-14-25/h1-10H,11-16H2. The summed E-state index contributed by atoms with van der Waals surface area (Å²) < 4.78 is 5.39. The van der Waals surface area contributed by atoms with E-state index < -0.39 is 5.41 Å². The summed E-state index contributed by atoms with van der Waals surface area (Å²) in [6.45, 7) is 3.80. The van der Waals surface area contributed by atoms with Crippen LogP contribution in [0, 0.1) is 0 Å². The first kappa shape index (κ1) is 18.9.